The summed E-state index contributed by atoms with van der Waals surface area (Å²) in [5.74, 6) is -3.54. The number of carbonyl (C=O) groups is 2. The molecule has 0 saturated carbocycles. The van der Waals surface area contributed by atoms with Gasteiger partial charge in [-0.2, -0.15) is 26.3 Å². The van der Waals surface area contributed by atoms with Crippen LogP contribution in [0, 0.1) is 17.8 Å². The van der Waals surface area contributed by atoms with Gasteiger partial charge in [-0.25, -0.2) is 4.90 Å². The van der Waals surface area contributed by atoms with Crippen LogP contribution < -0.4 is 4.90 Å². The minimum Gasteiger partial charge on any atom is -0.459 e. The van der Waals surface area contributed by atoms with Crippen LogP contribution in [0.5, 0.6) is 0 Å². The largest absolute Gasteiger partial charge is 0.459 e. The zero-order valence-electron chi connectivity index (χ0n) is 24.5. The highest BCUT2D eigenvalue weighted by Gasteiger charge is 2.57. The number of halogens is 6. The van der Waals surface area contributed by atoms with Gasteiger partial charge >= 0.3 is 19.5 Å². The maximum absolute atomic E-state index is 13.8. The van der Waals surface area contributed by atoms with Gasteiger partial charge in [-0.3, -0.25) is 9.59 Å². The number of rotatable bonds is 8. The van der Waals surface area contributed by atoms with Gasteiger partial charge in [-0.05, 0) is 86.3 Å². The molecule has 2 N–H and O–H groups in total. The quantitative estimate of drug-likeness (QED) is 0.143. The Labute approximate surface area is 255 Å². The molecule has 1 aromatic heterocycles. The highest BCUT2D eigenvalue weighted by atomic mass is 19.4. The monoisotopic (exact) mass is 639 g/mol. The fourth-order valence-electron chi connectivity index (χ4n) is 6.85. The van der Waals surface area contributed by atoms with Gasteiger partial charge in [0.15, 0.2) is 0 Å². The fourth-order valence-corrected chi connectivity index (χ4v) is 6.85. The Morgan fingerprint density at radius 2 is 1.69 bits per heavy atom. The van der Waals surface area contributed by atoms with E-state index in [-0.39, 0.29) is 25.4 Å². The summed E-state index contributed by atoms with van der Waals surface area (Å²) in [6.45, 7) is 3.57. The Morgan fingerprint density at radius 3 is 2.24 bits per heavy atom. The van der Waals surface area contributed by atoms with Crippen LogP contribution in [0.2, 0.25) is 6.32 Å². The van der Waals surface area contributed by atoms with Crippen LogP contribution in [-0.2, 0) is 33.2 Å². The topological polar surface area (TPSA) is 100 Å². The average Bonchev–Trinajstić information content (AvgIpc) is 3.54. The molecule has 0 radical (unpaired) electrons. The normalized spacial score (nSPS) is 24.4. The van der Waals surface area contributed by atoms with E-state index in [0.717, 1.165) is 16.7 Å². The molecular weight excluding hydrogens is 607 g/mol. The van der Waals surface area contributed by atoms with E-state index < -0.39 is 72.0 Å². The summed E-state index contributed by atoms with van der Waals surface area (Å²) in [7, 11) is -1.30. The third kappa shape index (κ3) is 6.50. The predicted octanol–water partition coefficient (Wildman–Crippen LogP) is 6.79. The summed E-state index contributed by atoms with van der Waals surface area (Å²) in [5, 5.41) is 20.0. The molecule has 0 bridgehead atoms. The molecule has 0 spiro atoms. The van der Waals surface area contributed by atoms with Gasteiger partial charge in [-0.15, -0.1) is 0 Å². The first-order chi connectivity index (χ1) is 21.2. The van der Waals surface area contributed by atoms with Crippen molar-refractivity contribution in [2.24, 2.45) is 17.8 Å². The highest BCUT2D eigenvalue weighted by molar-refractivity contribution is 6.43. The van der Waals surface area contributed by atoms with Gasteiger partial charge in [0.05, 0.1) is 34.8 Å². The molecule has 2 amide bonds. The van der Waals surface area contributed by atoms with Gasteiger partial charge in [-0.1, -0.05) is 25.0 Å². The minimum absolute atomic E-state index is 0.0490. The number of carbonyl (C=O) groups excluding carboxylic acids is 2. The molecule has 4 atom stereocenters. The maximum atomic E-state index is 13.8. The van der Waals surface area contributed by atoms with Crippen molar-refractivity contribution < 1.29 is 55.1 Å². The predicted molar refractivity (Wildman–Crippen MR) is 151 cm³/mol. The molecule has 3 heterocycles. The zero-order valence-corrected chi connectivity index (χ0v) is 24.5. The minimum atomic E-state index is -5.15. The highest BCUT2D eigenvalue weighted by Crippen LogP contribution is 2.52. The number of alkyl halides is 6. The van der Waals surface area contributed by atoms with Crippen LogP contribution in [0.15, 0.2) is 51.5 Å². The Morgan fingerprint density at radius 1 is 1.02 bits per heavy atom. The van der Waals surface area contributed by atoms with E-state index in [2.05, 4.69) is 0 Å². The summed E-state index contributed by atoms with van der Waals surface area (Å²) in [6.07, 6.45) is -6.97. The van der Waals surface area contributed by atoms with Crippen LogP contribution >= 0.6 is 0 Å². The summed E-state index contributed by atoms with van der Waals surface area (Å²) >= 11 is 0. The SMILES string of the molecule is CCC1=C2[C@@H](CC/C(=C/c3ccc(CO)o3)CC)OB(O)C[C@@H]2[C@@H]2C(=O)N(c3cc(C(F)(F)F)cc(C(F)(F)F)c3)C(=O)[C@@H]2C1. The summed E-state index contributed by atoms with van der Waals surface area (Å²) in [5.41, 5.74) is -1.47. The summed E-state index contributed by atoms with van der Waals surface area (Å²) < 4.78 is 93.0. The van der Waals surface area contributed by atoms with Crippen LogP contribution in [0.4, 0.5) is 32.0 Å². The summed E-state index contributed by atoms with van der Waals surface area (Å²) in [6, 6.07) is 4.12. The van der Waals surface area contributed by atoms with Crippen molar-refractivity contribution in [2.75, 3.05) is 4.90 Å². The van der Waals surface area contributed by atoms with E-state index in [1.165, 1.54) is 0 Å². The Kier molecular flexibility index (Phi) is 9.13. The van der Waals surface area contributed by atoms with Crippen LogP contribution in [0.3, 0.4) is 0 Å². The van der Waals surface area contributed by atoms with Crippen LogP contribution in [0.25, 0.3) is 6.08 Å². The molecule has 14 heteroatoms. The van der Waals surface area contributed by atoms with Gasteiger partial charge in [0.25, 0.3) is 0 Å². The van der Waals surface area contributed by atoms with Crippen LogP contribution in [0.1, 0.15) is 68.6 Å². The Bertz CT molecular complexity index is 1500. The van der Waals surface area contributed by atoms with E-state index in [0.29, 0.717) is 54.2 Å². The third-order valence-corrected chi connectivity index (χ3v) is 8.93. The number of allylic oxidation sites excluding steroid dienone is 2. The number of hydrogen-bond acceptors (Lipinski definition) is 6. The van der Waals surface area contributed by atoms with E-state index in [1.54, 1.807) is 12.1 Å². The van der Waals surface area contributed by atoms with Crippen molar-refractivity contribution >= 4 is 30.7 Å². The number of aliphatic hydroxyl groups is 1. The number of amides is 2. The smallest absolute Gasteiger partial charge is 0.455 e. The van der Waals surface area contributed by atoms with Crippen molar-refractivity contribution in [1.82, 2.24) is 0 Å². The number of furan rings is 1. The van der Waals surface area contributed by atoms with Crippen molar-refractivity contribution in [3.05, 3.63) is 69.7 Å². The first kappa shape index (κ1) is 33.0. The number of fused-ring (bicyclic) bond motifs is 3. The molecule has 242 valence electrons. The molecule has 7 nitrogen and oxygen atoms in total. The second kappa shape index (κ2) is 12.4. The molecule has 2 aliphatic heterocycles. The second-order valence-corrected chi connectivity index (χ2v) is 11.6. The molecule has 3 aliphatic rings. The van der Waals surface area contributed by atoms with E-state index >= 15 is 0 Å². The standard InChI is InChI=1S/C31H32BF6NO6/c1-3-16(9-21-6-7-22(15-40)44-21)5-8-25-26-17(4-2)10-23-27(24(26)14-32(43)45-25)29(42)39(28(23)41)20-12-18(30(33,34)35)11-19(13-20)31(36,37)38/h6-7,9,11-13,23-25,27,40,43H,3-5,8,10,14-15H2,1-2H3/b16-9+/t23-,24+,25-,27-/m1/s1. The molecule has 45 heavy (non-hydrogen) atoms. The Hall–Kier alpha value is -3.36. The molecule has 5 rings (SSSR count). The lowest BCUT2D eigenvalue weighted by atomic mass is 9.58. The second-order valence-electron chi connectivity index (χ2n) is 11.6. The van der Waals surface area contributed by atoms with Crippen molar-refractivity contribution in [2.45, 2.75) is 77.3 Å². The lowest BCUT2D eigenvalue weighted by Crippen LogP contribution is -2.46. The van der Waals surface area contributed by atoms with Gasteiger partial charge in [0, 0.05) is 0 Å². The number of benzene rings is 1. The van der Waals surface area contributed by atoms with E-state index in [4.69, 9.17) is 9.07 Å². The number of anilines is 1. The maximum Gasteiger partial charge on any atom is 0.455 e. The van der Waals surface area contributed by atoms with Gasteiger partial charge < -0.3 is 19.2 Å². The molecule has 0 unspecified atom stereocenters. The van der Waals surface area contributed by atoms with Crippen LogP contribution in [-0.4, -0.2) is 35.2 Å². The molecule has 2 aromatic rings. The molecule has 1 aliphatic carbocycles. The first-order valence-electron chi connectivity index (χ1n) is 14.8. The number of hydrogen-bond donors (Lipinski definition) is 2. The lowest BCUT2D eigenvalue weighted by molar-refractivity contribution is -0.143. The van der Waals surface area contributed by atoms with E-state index in [9.17, 15) is 46.1 Å². The average molecular weight is 639 g/mol. The van der Waals surface area contributed by atoms with Gasteiger partial charge in [0.2, 0.25) is 11.8 Å². The fraction of sp³-hybridized carbons (Fsp3) is 0.484. The molecular formula is C31H32BF6NO6. The van der Waals surface area contributed by atoms with Crippen molar-refractivity contribution in [3.63, 3.8) is 0 Å². The lowest BCUT2D eigenvalue weighted by Gasteiger charge is -2.43. The van der Waals surface area contributed by atoms with Gasteiger partial charge in [0.1, 0.15) is 18.1 Å². The number of imide groups is 1. The number of aliphatic hydroxyl groups excluding tert-OH is 1. The molecule has 1 aromatic carbocycles. The van der Waals surface area contributed by atoms with Crippen molar-refractivity contribution in [1.29, 1.82) is 0 Å². The Balaban J connectivity index is 1.46. The third-order valence-electron chi connectivity index (χ3n) is 8.93. The summed E-state index contributed by atoms with van der Waals surface area (Å²) in [4.78, 5) is 27.9. The molecule has 2 saturated heterocycles. The number of nitrogens with zero attached hydrogens (tertiary/aromatic N) is 1. The molecule has 2 fully saturated rings. The van der Waals surface area contributed by atoms with Crippen molar-refractivity contribution in [3.8, 4) is 0 Å². The first-order valence-corrected chi connectivity index (χ1v) is 14.8. The zero-order chi connectivity index (χ0) is 32.8. The van der Waals surface area contributed by atoms with E-state index in [1.807, 2.05) is 19.9 Å².